The molecule has 3 amide bonds. The number of hydrazine groups is 1. The molecule has 17 heavy (non-hydrogen) atoms. The van der Waals surface area contributed by atoms with Gasteiger partial charge in [0.15, 0.2) is 0 Å². The largest absolute Gasteiger partial charge is 0.356 e. The number of amides is 3. The number of nitrogens with two attached hydrogens (primary N) is 1. The standard InChI is InChI=1S/C9H16N4O4/c1-3-9(2)7(15)13(8(16)11-9)5-4-6(14)17-12-10/h12H,3-5,10H2,1-2H3,(H,11,16). The van der Waals surface area contributed by atoms with E-state index in [9.17, 15) is 14.4 Å². The number of carbonyl (C=O) groups is 3. The van der Waals surface area contributed by atoms with Crippen LogP contribution in [0.5, 0.6) is 0 Å². The zero-order valence-corrected chi connectivity index (χ0v) is 9.78. The van der Waals surface area contributed by atoms with Crippen LogP contribution in [0.1, 0.15) is 26.7 Å². The third-order valence-electron chi connectivity index (χ3n) is 2.76. The van der Waals surface area contributed by atoms with Crippen molar-refractivity contribution in [1.82, 2.24) is 15.8 Å². The minimum Gasteiger partial charge on any atom is -0.356 e. The Morgan fingerprint density at radius 2 is 2.24 bits per heavy atom. The number of hydrogen-bond acceptors (Lipinski definition) is 6. The van der Waals surface area contributed by atoms with Crippen LogP contribution in [0.15, 0.2) is 0 Å². The molecular weight excluding hydrogens is 228 g/mol. The summed E-state index contributed by atoms with van der Waals surface area (Å²) in [6.45, 7) is 3.42. The summed E-state index contributed by atoms with van der Waals surface area (Å²) in [6.07, 6.45) is 0.381. The molecule has 1 unspecified atom stereocenters. The number of hydrogen-bond donors (Lipinski definition) is 3. The van der Waals surface area contributed by atoms with E-state index in [4.69, 9.17) is 5.84 Å². The Morgan fingerprint density at radius 1 is 1.59 bits per heavy atom. The van der Waals surface area contributed by atoms with Crippen molar-refractivity contribution in [2.45, 2.75) is 32.2 Å². The topological polar surface area (TPSA) is 114 Å². The van der Waals surface area contributed by atoms with Crippen LogP contribution < -0.4 is 16.7 Å². The molecule has 0 aliphatic carbocycles. The van der Waals surface area contributed by atoms with E-state index in [0.29, 0.717) is 6.42 Å². The summed E-state index contributed by atoms with van der Waals surface area (Å²) in [5.74, 6) is 3.80. The van der Waals surface area contributed by atoms with E-state index in [1.165, 1.54) is 0 Å². The van der Waals surface area contributed by atoms with Gasteiger partial charge in [0.05, 0.1) is 6.42 Å². The van der Waals surface area contributed by atoms with E-state index >= 15 is 0 Å². The highest BCUT2D eigenvalue weighted by Crippen LogP contribution is 2.20. The highest BCUT2D eigenvalue weighted by Gasteiger charge is 2.46. The fourth-order valence-corrected chi connectivity index (χ4v) is 1.51. The quantitative estimate of drug-likeness (QED) is 0.325. The van der Waals surface area contributed by atoms with Gasteiger partial charge in [0.2, 0.25) is 0 Å². The maximum absolute atomic E-state index is 11.9. The monoisotopic (exact) mass is 244 g/mol. The lowest BCUT2D eigenvalue weighted by atomic mass is 9.99. The van der Waals surface area contributed by atoms with Gasteiger partial charge in [-0.05, 0) is 13.3 Å². The number of carbonyl (C=O) groups excluding carboxylic acids is 3. The average molecular weight is 244 g/mol. The Hall–Kier alpha value is -1.67. The molecule has 96 valence electrons. The molecule has 1 rings (SSSR count). The first-order valence-corrected chi connectivity index (χ1v) is 5.24. The number of nitrogens with one attached hydrogen (secondary N) is 2. The van der Waals surface area contributed by atoms with E-state index in [2.05, 4.69) is 10.2 Å². The van der Waals surface area contributed by atoms with Crippen molar-refractivity contribution in [2.75, 3.05) is 6.54 Å². The molecule has 1 atom stereocenters. The fourth-order valence-electron chi connectivity index (χ4n) is 1.51. The van der Waals surface area contributed by atoms with Crippen LogP contribution in [0.4, 0.5) is 4.79 Å². The maximum Gasteiger partial charge on any atom is 0.328 e. The van der Waals surface area contributed by atoms with E-state index in [0.717, 1.165) is 4.90 Å². The van der Waals surface area contributed by atoms with Gasteiger partial charge in [0, 0.05) is 6.54 Å². The van der Waals surface area contributed by atoms with Crippen molar-refractivity contribution in [2.24, 2.45) is 5.84 Å². The van der Waals surface area contributed by atoms with Crippen molar-refractivity contribution in [3.05, 3.63) is 0 Å². The summed E-state index contributed by atoms with van der Waals surface area (Å²) in [4.78, 5) is 39.7. The number of imide groups is 1. The van der Waals surface area contributed by atoms with Gasteiger partial charge in [-0.25, -0.2) is 10.6 Å². The third kappa shape index (κ3) is 2.71. The van der Waals surface area contributed by atoms with Crippen molar-refractivity contribution in [1.29, 1.82) is 0 Å². The van der Waals surface area contributed by atoms with Gasteiger partial charge in [0.1, 0.15) is 5.54 Å². The van der Waals surface area contributed by atoms with Crippen molar-refractivity contribution < 1.29 is 19.2 Å². The zero-order chi connectivity index (χ0) is 13.1. The number of urea groups is 1. The third-order valence-corrected chi connectivity index (χ3v) is 2.76. The summed E-state index contributed by atoms with van der Waals surface area (Å²) >= 11 is 0. The first kappa shape index (κ1) is 13.4. The summed E-state index contributed by atoms with van der Waals surface area (Å²) in [6, 6.07) is -0.493. The van der Waals surface area contributed by atoms with Gasteiger partial charge in [0.25, 0.3) is 5.91 Å². The molecular formula is C9H16N4O4. The fraction of sp³-hybridized carbons (Fsp3) is 0.667. The summed E-state index contributed by atoms with van der Waals surface area (Å²) in [7, 11) is 0. The Labute approximate surface area is 98.4 Å². The smallest absolute Gasteiger partial charge is 0.328 e. The van der Waals surface area contributed by atoms with Gasteiger partial charge in [-0.3, -0.25) is 14.5 Å². The SMILES string of the molecule is CCC1(C)NC(=O)N(CCC(=O)ONN)C1=O. The second-order valence-electron chi connectivity index (χ2n) is 3.91. The van der Waals surface area contributed by atoms with E-state index in [1.54, 1.807) is 19.4 Å². The van der Waals surface area contributed by atoms with E-state index in [1.807, 2.05) is 0 Å². The Balaban J connectivity index is 2.58. The number of nitrogens with zero attached hydrogens (tertiary/aromatic N) is 1. The molecule has 0 radical (unpaired) electrons. The van der Waals surface area contributed by atoms with Gasteiger partial charge >= 0.3 is 12.0 Å². The molecule has 0 aromatic heterocycles. The minimum atomic E-state index is -0.882. The van der Waals surface area contributed by atoms with Crippen LogP contribution in [-0.4, -0.2) is 34.9 Å². The molecule has 1 heterocycles. The lowest BCUT2D eigenvalue weighted by Crippen LogP contribution is -2.43. The first-order chi connectivity index (χ1) is 7.94. The predicted octanol–water partition coefficient (Wildman–Crippen LogP) is -0.981. The van der Waals surface area contributed by atoms with Gasteiger partial charge in [-0.1, -0.05) is 12.5 Å². The van der Waals surface area contributed by atoms with E-state index < -0.39 is 17.5 Å². The summed E-state index contributed by atoms with van der Waals surface area (Å²) in [5.41, 5.74) is 0.857. The molecule has 0 aromatic rings. The highest BCUT2D eigenvalue weighted by atomic mass is 16.7. The van der Waals surface area contributed by atoms with Crippen LogP contribution in [-0.2, 0) is 14.4 Å². The van der Waals surface area contributed by atoms with Gasteiger partial charge in [-0.15, -0.1) is 0 Å². The first-order valence-electron chi connectivity index (χ1n) is 5.24. The molecule has 8 heteroatoms. The molecule has 0 bridgehead atoms. The predicted molar refractivity (Wildman–Crippen MR) is 57.0 cm³/mol. The lowest BCUT2D eigenvalue weighted by Gasteiger charge is -2.18. The van der Waals surface area contributed by atoms with Crippen molar-refractivity contribution in [3.8, 4) is 0 Å². The van der Waals surface area contributed by atoms with Gasteiger partial charge in [-0.2, -0.15) is 0 Å². The normalized spacial score (nSPS) is 23.8. The number of rotatable bonds is 5. The van der Waals surface area contributed by atoms with Crippen LogP contribution >= 0.6 is 0 Å². The molecule has 0 saturated carbocycles. The Kier molecular flexibility index (Phi) is 4.02. The molecule has 0 spiro atoms. The van der Waals surface area contributed by atoms with Gasteiger partial charge < -0.3 is 10.2 Å². The minimum absolute atomic E-state index is 0.0270. The average Bonchev–Trinajstić information content (AvgIpc) is 2.49. The zero-order valence-electron chi connectivity index (χ0n) is 9.78. The molecule has 1 saturated heterocycles. The Bertz CT molecular complexity index is 346. The maximum atomic E-state index is 11.9. The molecule has 1 aliphatic rings. The Morgan fingerprint density at radius 3 is 2.71 bits per heavy atom. The van der Waals surface area contributed by atoms with Crippen LogP contribution in [0, 0.1) is 0 Å². The molecule has 0 aromatic carbocycles. The highest BCUT2D eigenvalue weighted by molar-refractivity contribution is 6.06. The molecule has 1 fully saturated rings. The summed E-state index contributed by atoms with van der Waals surface area (Å²) in [5, 5.41) is 2.58. The second-order valence-corrected chi connectivity index (χ2v) is 3.91. The van der Waals surface area contributed by atoms with Crippen LogP contribution in [0.2, 0.25) is 0 Å². The lowest BCUT2D eigenvalue weighted by molar-refractivity contribution is -0.151. The van der Waals surface area contributed by atoms with Crippen molar-refractivity contribution in [3.63, 3.8) is 0 Å². The van der Waals surface area contributed by atoms with Crippen LogP contribution in [0.3, 0.4) is 0 Å². The van der Waals surface area contributed by atoms with Crippen molar-refractivity contribution >= 4 is 17.9 Å². The molecule has 4 N–H and O–H groups in total. The summed E-state index contributed by atoms with van der Waals surface area (Å²) < 4.78 is 0. The van der Waals surface area contributed by atoms with Crippen LogP contribution in [0.25, 0.3) is 0 Å². The molecule has 1 aliphatic heterocycles. The second kappa shape index (κ2) is 5.11. The van der Waals surface area contributed by atoms with E-state index in [-0.39, 0.29) is 18.9 Å². The molecule has 8 nitrogen and oxygen atoms in total.